The van der Waals surface area contributed by atoms with Crippen molar-refractivity contribution in [3.8, 4) is 6.07 Å². The first-order chi connectivity index (χ1) is 7.77. The van der Waals surface area contributed by atoms with Crippen LogP contribution in [-0.4, -0.2) is 9.38 Å². The van der Waals surface area contributed by atoms with E-state index in [0.29, 0.717) is 0 Å². The van der Waals surface area contributed by atoms with Crippen LogP contribution in [0.3, 0.4) is 0 Å². The number of aryl methyl sites for hydroxylation is 1. The Morgan fingerprint density at radius 2 is 2.38 bits per heavy atom. The van der Waals surface area contributed by atoms with Gasteiger partial charge in [0.15, 0.2) is 0 Å². The number of hydrogen-bond acceptors (Lipinski definition) is 2. The third kappa shape index (κ3) is 1.23. The number of rotatable bonds is 2. The van der Waals surface area contributed by atoms with Crippen LogP contribution in [0.25, 0.3) is 5.65 Å². The van der Waals surface area contributed by atoms with E-state index in [0.717, 1.165) is 36.2 Å². The zero-order valence-electron chi connectivity index (χ0n) is 9.27. The lowest BCUT2D eigenvalue weighted by atomic mass is 9.99. The Kier molecular flexibility index (Phi) is 1.81. The predicted octanol–water partition coefficient (Wildman–Crippen LogP) is 2.45. The Morgan fingerprint density at radius 3 is 3.00 bits per heavy atom. The van der Waals surface area contributed by atoms with Gasteiger partial charge in [0.05, 0.1) is 17.2 Å². The van der Waals surface area contributed by atoms with Crippen LogP contribution in [0.2, 0.25) is 0 Å². The molecule has 2 heterocycles. The molecule has 0 atom stereocenters. The summed E-state index contributed by atoms with van der Waals surface area (Å²) in [5.74, 6) is 0. The molecule has 0 N–H and O–H groups in total. The number of aromatic nitrogens is 2. The molecule has 80 valence electrons. The van der Waals surface area contributed by atoms with Gasteiger partial charge < -0.3 is 4.40 Å². The fourth-order valence-electron chi connectivity index (χ4n) is 2.09. The second-order valence-electron chi connectivity index (χ2n) is 4.46. The largest absolute Gasteiger partial charge is 0.307 e. The van der Waals surface area contributed by atoms with Crippen molar-refractivity contribution >= 4 is 5.65 Å². The van der Waals surface area contributed by atoms with Crippen molar-refractivity contribution in [1.29, 1.82) is 5.26 Å². The Hall–Kier alpha value is -1.82. The Morgan fingerprint density at radius 1 is 1.56 bits per heavy atom. The van der Waals surface area contributed by atoms with Crippen LogP contribution >= 0.6 is 0 Å². The van der Waals surface area contributed by atoms with Crippen LogP contribution in [-0.2, 0) is 11.8 Å². The normalized spacial score (nSPS) is 17.2. The van der Waals surface area contributed by atoms with Gasteiger partial charge in [-0.05, 0) is 37.0 Å². The summed E-state index contributed by atoms with van der Waals surface area (Å²) in [7, 11) is 0. The van der Waals surface area contributed by atoms with E-state index < -0.39 is 0 Å². The van der Waals surface area contributed by atoms with Crippen LogP contribution in [0.15, 0.2) is 24.5 Å². The number of pyridine rings is 1. The van der Waals surface area contributed by atoms with Crippen LogP contribution in [0.5, 0.6) is 0 Å². The van der Waals surface area contributed by atoms with Gasteiger partial charge in [-0.2, -0.15) is 5.26 Å². The first kappa shape index (κ1) is 9.41. The average molecular weight is 211 g/mol. The lowest BCUT2D eigenvalue weighted by molar-refractivity contribution is 0.902. The van der Waals surface area contributed by atoms with E-state index in [1.54, 1.807) is 0 Å². The molecular formula is C13H13N3. The van der Waals surface area contributed by atoms with E-state index in [9.17, 15) is 0 Å². The molecule has 0 bridgehead atoms. The number of nitriles is 1. The van der Waals surface area contributed by atoms with E-state index in [1.165, 1.54) is 0 Å². The molecular weight excluding hydrogens is 198 g/mol. The van der Waals surface area contributed by atoms with Gasteiger partial charge in [0.1, 0.15) is 5.65 Å². The van der Waals surface area contributed by atoms with Crippen molar-refractivity contribution in [2.75, 3.05) is 0 Å². The van der Waals surface area contributed by atoms with E-state index in [2.05, 4.69) is 24.0 Å². The SMILES string of the molecule is CCc1cn2ccc(C3(C#N)CC3)cc2n1. The number of imidazole rings is 1. The number of fused-ring (bicyclic) bond motifs is 1. The highest BCUT2D eigenvalue weighted by atomic mass is 15.0. The van der Waals surface area contributed by atoms with Crippen molar-refractivity contribution in [3.63, 3.8) is 0 Å². The quantitative estimate of drug-likeness (QED) is 0.765. The van der Waals surface area contributed by atoms with Gasteiger partial charge in [-0.15, -0.1) is 0 Å². The van der Waals surface area contributed by atoms with E-state index >= 15 is 0 Å². The first-order valence-electron chi connectivity index (χ1n) is 5.67. The van der Waals surface area contributed by atoms with Gasteiger partial charge in [0, 0.05) is 12.4 Å². The molecule has 16 heavy (non-hydrogen) atoms. The highest BCUT2D eigenvalue weighted by molar-refractivity contribution is 5.49. The molecule has 0 aliphatic heterocycles. The summed E-state index contributed by atoms with van der Waals surface area (Å²) in [6.45, 7) is 2.10. The van der Waals surface area contributed by atoms with Gasteiger partial charge in [0.2, 0.25) is 0 Å². The Labute approximate surface area is 94.3 Å². The highest BCUT2D eigenvalue weighted by Crippen LogP contribution is 2.47. The monoisotopic (exact) mass is 211 g/mol. The van der Waals surface area contributed by atoms with E-state index in [1.807, 2.05) is 22.9 Å². The summed E-state index contributed by atoms with van der Waals surface area (Å²) in [4.78, 5) is 4.52. The fourth-order valence-corrected chi connectivity index (χ4v) is 2.09. The molecule has 3 heteroatoms. The predicted molar refractivity (Wildman–Crippen MR) is 61.1 cm³/mol. The summed E-state index contributed by atoms with van der Waals surface area (Å²) in [5, 5.41) is 9.16. The molecule has 2 aromatic rings. The molecule has 0 saturated heterocycles. The van der Waals surface area contributed by atoms with Crippen LogP contribution in [0, 0.1) is 11.3 Å². The van der Waals surface area contributed by atoms with Gasteiger partial charge in [-0.25, -0.2) is 4.98 Å². The van der Waals surface area contributed by atoms with Gasteiger partial charge in [0.25, 0.3) is 0 Å². The molecule has 0 aromatic carbocycles. The lowest BCUT2D eigenvalue weighted by Crippen LogP contribution is -2.02. The Balaban J connectivity index is 2.13. The molecule has 3 nitrogen and oxygen atoms in total. The third-order valence-electron chi connectivity index (χ3n) is 3.39. The molecule has 1 fully saturated rings. The molecule has 2 aromatic heterocycles. The summed E-state index contributed by atoms with van der Waals surface area (Å²) in [6.07, 6.45) is 6.97. The maximum Gasteiger partial charge on any atom is 0.137 e. The molecule has 0 unspecified atom stereocenters. The first-order valence-corrected chi connectivity index (χ1v) is 5.67. The minimum Gasteiger partial charge on any atom is -0.307 e. The molecule has 1 aliphatic carbocycles. The van der Waals surface area contributed by atoms with Crippen molar-refractivity contribution in [3.05, 3.63) is 35.8 Å². The zero-order valence-corrected chi connectivity index (χ0v) is 9.27. The van der Waals surface area contributed by atoms with Crippen molar-refractivity contribution < 1.29 is 0 Å². The van der Waals surface area contributed by atoms with Crippen molar-refractivity contribution in [1.82, 2.24) is 9.38 Å². The van der Waals surface area contributed by atoms with E-state index in [4.69, 9.17) is 5.26 Å². The number of hydrogen-bond donors (Lipinski definition) is 0. The molecule has 1 saturated carbocycles. The average Bonchev–Trinajstić information content (AvgIpc) is 3.01. The molecule has 0 amide bonds. The van der Waals surface area contributed by atoms with Gasteiger partial charge >= 0.3 is 0 Å². The molecule has 1 aliphatic rings. The highest BCUT2D eigenvalue weighted by Gasteiger charge is 2.45. The third-order valence-corrected chi connectivity index (χ3v) is 3.39. The standard InChI is InChI=1S/C13H13N3/c1-2-11-8-16-6-3-10(7-12(16)15-11)13(9-14)4-5-13/h3,6-8H,2,4-5H2,1H3. The molecule has 0 radical (unpaired) electrons. The minimum atomic E-state index is -0.208. The second-order valence-corrected chi connectivity index (χ2v) is 4.46. The summed E-state index contributed by atoms with van der Waals surface area (Å²) >= 11 is 0. The van der Waals surface area contributed by atoms with Crippen molar-refractivity contribution in [2.45, 2.75) is 31.6 Å². The lowest BCUT2D eigenvalue weighted by Gasteiger charge is -2.05. The van der Waals surface area contributed by atoms with Gasteiger partial charge in [-0.1, -0.05) is 6.92 Å². The van der Waals surface area contributed by atoms with Gasteiger partial charge in [-0.3, -0.25) is 0 Å². The summed E-state index contributed by atoms with van der Waals surface area (Å²) < 4.78 is 2.02. The smallest absolute Gasteiger partial charge is 0.137 e. The molecule has 3 rings (SSSR count). The fraction of sp³-hybridized carbons (Fsp3) is 0.385. The topological polar surface area (TPSA) is 41.1 Å². The van der Waals surface area contributed by atoms with Crippen LogP contribution < -0.4 is 0 Å². The zero-order chi connectivity index (χ0) is 11.2. The summed E-state index contributed by atoms with van der Waals surface area (Å²) in [5.41, 5.74) is 2.96. The molecule has 0 spiro atoms. The second kappa shape index (κ2) is 3.08. The van der Waals surface area contributed by atoms with Crippen LogP contribution in [0.4, 0.5) is 0 Å². The van der Waals surface area contributed by atoms with Crippen LogP contribution in [0.1, 0.15) is 31.0 Å². The van der Waals surface area contributed by atoms with E-state index in [-0.39, 0.29) is 5.41 Å². The minimum absolute atomic E-state index is 0.208. The number of nitrogens with zero attached hydrogens (tertiary/aromatic N) is 3. The Bertz CT molecular complexity index is 585. The maximum atomic E-state index is 9.16. The van der Waals surface area contributed by atoms with Crippen molar-refractivity contribution in [2.24, 2.45) is 0 Å². The maximum absolute atomic E-state index is 9.16. The summed E-state index contributed by atoms with van der Waals surface area (Å²) in [6, 6.07) is 6.51.